The number of carboxylic acids is 1. The molecule has 1 heterocycles. The van der Waals surface area contributed by atoms with E-state index in [-0.39, 0.29) is 19.4 Å². The fourth-order valence-electron chi connectivity index (χ4n) is 2.19. The number of aliphatic carboxylic acids is 1. The Balaban J connectivity index is 1.93. The molecule has 1 fully saturated rings. The number of carbonyl (C=O) groups is 1. The van der Waals surface area contributed by atoms with Gasteiger partial charge >= 0.3 is 5.97 Å². The summed E-state index contributed by atoms with van der Waals surface area (Å²) in [6, 6.07) is 9.39. The summed E-state index contributed by atoms with van der Waals surface area (Å²) in [6.07, 6.45) is -3.78. The number of hydrogen-bond acceptors (Lipinski definition) is 5. The molecule has 0 amide bonds. The maximum absolute atomic E-state index is 10.6. The van der Waals surface area contributed by atoms with E-state index in [0.29, 0.717) is 0 Å². The van der Waals surface area contributed by atoms with E-state index in [9.17, 15) is 15.0 Å². The van der Waals surface area contributed by atoms with Gasteiger partial charge < -0.3 is 24.8 Å². The van der Waals surface area contributed by atoms with Crippen LogP contribution < -0.4 is 0 Å². The average molecular weight is 282 g/mol. The quantitative estimate of drug-likeness (QED) is 0.703. The van der Waals surface area contributed by atoms with Gasteiger partial charge in [-0.15, -0.1) is 0 Å². The number of ether oxygens (including phenoxy) is 2. The molecule has 0 radical (unpaired) electrons. The van der Waals surface area contributed by atoms with Gasteiger partial charge in [0.15, 0.2) is 6.29 Å². The maximum atomic E-state index is 10.6. The fourth-order valence-corrected chi connectivity index (χ4v) is 2.19. The van der Waals surface area contributed by atoms with Gasteiger partial charge in [-0.05, 0) is 12.0 Å². The van der Waals surface area contributed by atoms with Crippen LogP contribution in [0.25, 0.3) is 0 Å². The summed E-state index contributed by atoms with van der Waals surface area (Å²) in [5.74, 6) is -0.953. The molecule has 6 heteroatoms. The molecule has 0 aliphatic carbocycles. The molecule has 1 aliphatic heterocycles. The minimum Gasteiger partial charge on any atom is -0.481 e. The molecule has 0 aromatic heterocycles. The van der Waals surface area contributed by atoms with Crippen LogP contribution in [0.3, 0.4) is 0 Å². The molecular formula is C14H18O6. The zero-order chi connectivity index (χ0) is 14.5. The zero-order valence-electron chi connectivity index (χ0n) is 10.9. The largest absolute Gasteiger partial charge is 0.481 e. The van der Waals surface area contributed by atoms with Gasteiger partial charge in [-0.3, -0.25) is 4.79 Å². The molecule has 4 atom stereocenters. The van der Waals surface area contributed by atoms with Crippen molar-refractivity contribution in [3.05, 3.63) is 35.9 Å². The highest BCUT2D eigenvalue weighted by molar-refractivity contribution is 5.66. The third-order valence-corrected chi connectivity index (χ3v) is 3.24. The lowest BCUT2D eigenvalue weighted by Crippen LogP contribution is -2.35. The highest BCUT2D eigenvalue weighted by atomic mass is 16.7. The molecule has 0 bridgehead atoms. The van der Waals surface area contributed by atoms with Crippen LogP contribution in [0.2, 0.25) is 0 Å². The van der Waals surface area contributed by atoms with Crippen molar-refractivity contribution in [3.63, 3.8) is 0 Å². The molecule has 1 aromatic carbocycles. The Morgan fingerprint density at radius 3 is 2.60 bits per heavy atom. The van der Waals surface area contributed by atoms with Crippen molar-refractivity contribution in [1.82, 2.24) is 0 Å². The minimum absolute atomic E-state index is 0.102. The van der Waals surface area contributed by atoms with Gasteiger partial charge in [0, 0.05) is 6.42 Å². The summed E-state index contributed by atoms with van der Waals surface area (Å²) in [7, 11) is 0. The molecule has 1 saturated heterocycles. The van der Waals surface area contributed by atoms with E-state index in [1.807, 2.05) is 30.3 Å². The standard InChI is InChI=1S/C14H18O6/c15-11(16)7-6-10-13(12(17)14(18)20-10)19-8-9-4-2-1-3-5-9/h1-5,10,12-14,17-18H,6-8H2,(H,15,16)/t10-,12-,13+,14?/m1/s1. The average Bonchev–Trinajstić information content (AvgIpc) is 2.71. The first kappa shape index (κ1) is 14.9. The number of aliphatic hydroxyl groups excluding tert-OH is 2. The normalized spacial score (nSPS) is 29.5. The van der Waals surface area contributed by atoms with Crippen molar-refractivity contribution in [1.29, 1.82) is 0 Å². The van der Waals surface area contributed by atoms with Gasteiger partial charge in [-0.2, -0.15) is 0 Å². The Morgan fingerprint density at radius 1 is 1.25 bits per heavy atom. The first-order valence-electron chi connectivity index (χ1n) is 6.47. The summed E-state index contributed by atoms with van der Waals surface area (Å²) in [6.45, 7) is 0.266. The first-order chi connectivity index (χ1) is 9.58. The van der Waals surface area contributed by atoms with Crippen molar-refractivity contribution < 1.29 is 29.6 Å². The van der Waals surface area contributed by atoms with Gasteiger partial charge in [0.2, 0.25) is 0 Å². The van der Waals surface area contributed by atoms with E-state index >= 15 is 0 Å². The lowest BCUT2D eigenvalue weighted by molar-refractivity contribution is -0.141. The van der Waals surface area contributed by atoms with E-state index in [4.69, 9.17) is 14.6 Å². The van der Waals surface area contributed by atoms with Crippen LogP contribution in [0.4, 0.5) is 0 Å². The summed E-state index contributed by atoms with van der Waals surface area (Å²) >= 11 is 0. The molecule has 110 valence electrons. The summed E-state index contributed by atoms with van der Waals surface area (Å²) in [5, 5.41) is 28.0. The Morgan fingerprint density at radius 2 is 1.95 bits per heavy atom. The number of aliphatic hydroxyl groups is 2. The highest BCUT2D eigenvalue weighted by Crippen LogP contribution is 2.26. The van der Waals surface area contributed by atoms with E-state index in [1.54, 1.807) is 0 Å². The van der Waals surface area contributed by atoms with Crippen LogP contribution >= 0.6 is 0 Å². The van der Waals surface area contributed by atoms with Crippen LogP contribution in [0, 0.1) is 0 Å². The third kappa shape index (κ3) is 3.77. The molecule has 1 aromatic rings. The molecule has 1 aliphatic rings. The maximum Gasteiger partial charge on any atom is 0.303 e. The molecule has 2 rings (SSSR count). The van der Waals surface area contributed by atoms with Crippen molar-refractivity contribution in [2.45, 2.75) is 44.1 Å². The zero-order valence-corrected chi connectivity index (χ0v) is 10.9. The van der Waals surface area contributed by atoms with E-state index < -0.39 is 30.6 Å². The van der Waals surface area contributed by atoms with Crippen LogP contribution in [0.1, 0.15) is 18.4 Å². The van der Waals surface area contributed by atoms with E-state index in [1.165, 1.54) is 0 Å². The molecule has 1 unspecified atom stereocenters. The van der Waals surface area contributed by atoms with E-state index in [0.717, 1.165) is 5.56 Å². The van der Waals surface area contributed by atoms with Crippen LogP contribution in [-0.2, 0) is 20.9 Å². The highest BCUT2D eigenvalue weighted by Gasteiger charge is 2.43. The molecule has 0 saturated carbocycles. The molecule has 0 spiro atoms. The molecule has 6 nitrogen and oxygen atoms in total. The monoisotopic (exact) mass is 282 g/mol. The minimum atomic E-state index is -1.34. The summed E-state index contributed by atoms with van der Waals surface area (Å²) in [5.41, 5.74) is 0.929. The second kappa shape index (κ2) is 6.81. The van der Waals surface area contributed by atoms with Crippen LogP contribution in [0.5, 0.6) is 0 Å². The number of benzene rings is 1. The van der Waals surface area contributed by atoms with Gasteiger partial charge in [-0.1, -0.05) is 30.3 Å². The Kier molecular flexibility index (Phi) is 5.08. The Hall–Kier alpha value is -1.47. The third-order valence-electron chi connectivity index (χ3n) is 3.24. The molecular weight excluding hydrogens is 264 g/mol. The van der Waals surface area contributed by atoms with Crippen molar-refractivity contribution in [2.24, 2.45) is 0 Å². The second-order valence-corrected chi connectivity index (χ2v) is 4.75. The fraction of sp³-hybridized carbons (Fsp3) is 0.500. The van der Waals surface area contributed by atoms with Crippen molar-refractivity contribution >= 4 is 5.97 Å². The van der Waals surface area contributed by atoms with Crippen molar-refractivity contribution in [2.75, 3.05) is 0 Å². The van der Waals surface area contributed by atoms with Gasteiger partial charge in [0.25, 0.3) is 0 Å². The lowest BCUT2D eigenvalue weighted by atomic mass is 10.1. The molecule has 20 heavy (non-hydrogen) atoms. The van der Waals surface area contributed by atoms with Gasteiger partial charge in [0.1, 0.15) is 12.2 Å². The summed E-state index contributed by atoms with van der Waals surface area (Å²) < 4.78 is 10.7. The SMILES string of the molecule is O=C(O)CC[C@H]1OC(O)[C@H](O)[C@H]1OCc1ccccc1. The predicted molar refractivity (Wildman–Crippen MR) is 68.8 cm³/mol. The van der Waals surface area contributed by atoms with Crippen molar-refractivity contribution in [3.8, 4) is 0 Å². The topological polar surface area (TPSA) is 96.2 Å². The second-order valence-electron chi connectivity index (χ2n) is 4.75. The first-order valence-corrected chi connectivity index (χ1v) is 6.47. The number of carboxylic acid groups (broad SMARTS) is 1. The molecule has 3 N–H and O–H groups in total. The Bertz CT molecular complexity index is 435. The number of hydrogen-bond donors (Lipinski definition) is 3. The van der Waals surface area contributed by atoms with Crippen LogP contribution in [-0.4, -0.2) is 45.9 Å². The van der Waals surface area contributed by atoms with Crippen LogP contribution in [0.15, 0.2) is 30.3 Å². The van der Waals surface area contributed by atoms with Gasteiger partial charge in [0.05, 0.1) is 12.7 Å². The number of rotatable bonds is 6. The van der Waals surface area contributed by atoms with Gasteiger partial charge in [-0.25, -0.2) is 0 Å². The Labute approximate surface area is 116 Å². The smallest absolute Gasteiger partial charge is 0.303 e. The van der Waals surface area contributed by atoms with E-state index in [2.05, 4.69) is 0 Å². The summed E-state index contributed by atoms with van der Waals surface area (Å²) in [4.78, 5) is 10.6. The lowest BCUT2D eigenvalue weighted by Gasteiger charge is -2.20. The predicted octanol–water partition coefficient (Wildman–Crippen LogP) is 0.515.